The molecule has 0 spiro atoms. The summed E-state index contributed by atoms with van der Waals surface area (Å²) in [5.74, 6) is 0. The molecule has 0 radical (unpaired) electrons. The Hall–Kier alpha value is -0.160. The molecule has 0 aromatic carbocycles. The molecule has 2 aliphatic heterocycles. The van der Waals surface area contributed by atoms with Crippen molar-refractivity contribution < 1.29 is 9.84 Å². The standard InChI is InChI=1S/C15H28N2O2/c18-14-3-7-17(8-4-14)12-15(5-9-19-10-6-15)11-16-13-1-2-13/h13-14,16,18H,1-12H2. The van der Waals surface area contributed by atoms with Crippen LogP contribution in [-0.2, 0) is 4.74 Å². The Morgan fingerprint density at radius 3 is 2.42 bits per heavy atom. The summed E-state index contributed by atoms with van der Waals surface area (Å²) in [7, 11) is 0. The van der Waals surface area contributed by atoms with E-state index in [0.717, 1.165) is 51.7 Å². The lowest BCUT2D eigenvalue weighted by atomic mass is 9.79. The average molecular weight is 268 g/mol. The lowest BCUT2D eigenvalue weighted by Crippen LogP contribution is -2.50. The third kappa shape index (κ3) is 3.91. The molecular weight excluding hydrogens is 240 g/mol. The van der Waals surface area contributed by atoms with E-state index in [4.69, 9.17) is 4.74 Å². The predicted molar refractivity (Wildman–Crippen MR) is 75.2 cm³/mol. The van der Waals surface area contributed by atoms with Gasteiger partial charge in [-0.3, -0.25) is 0 Å². The first kappa shape index (κ1) is 13.8. The molecule has 4 heteroatoms. The van der Waals surface area contributed by atoms with E-state index in [-0.39, 0.29) is 6.10 Å². The van der Waals surface area contributed by atoms with Gasteiger partial charge in [-0.1, -0.05) is 0 Å². The van der Waals surface area contributed by atoms with Crippen molar-refractivity contribution in [2.45, 2.75) is 50.7 Å². The Balaban J connectivity index is 1.54. The van der Waals surface area contributed by atoms with Crippen molar-refractivity contribution in [3.8, 4) is 0 Å². The highest BCUT2D eigenvalue weighted by Crippen LogP contribution is 2.33. The fraction of sp³-hybridized carbons (Fsp3) is 1.00. The highest BCUT2D eigenvalue weighted by molar-refractivity contribution is 4.91. The maximum absolute atomic E-state index is 9.62. The van der Waals surface area contributed by atoms with Gasteiger partial charge in [-0.2, -0.15) is 0 Å². The fourth-order valence-corrected chi connectivity index (χ4v) is 3.40. The molecule has 1 saturated carbocycles. The normalized spacial score (nSPS) is 29.5. The third-order valence-electron chi connectivity index (χ3n) is 5.01. The van der Waals surface area contributed by atoms with Gasteiger partial charge in [-0.15, -0.1) is 0 Å². The molecule has 3 aliphatic rings. The van der Waals surface area contributed by atoms with Gasteiger partial charge < -0.3 is 20.1 Å². The first-order valence-electron chi connectivity index (χ1n) is 7.97. The predicted octanol–water partition coefficient (Wildman–Crippen LogP) is 0.992. The molecule has 2 heterocycles. The number of rotatable bonds is 5. The molecule has 0 unspecified atom stereocenters. The Morgan fingerprint density at radius 1 is 1.11 bits per heavy atom. The molecule has 110 valence electrons. The molecule has 0 aromatic heterocycles. The van der Waals surface area contributed by atoms with E-state index in [0.29, 0.717) is 5.41 Å². The van der Waals surface area contributed by atoms with Gasteiger partial charge in [-0.25, -0.2) is 0 Å². The summed E-state index contributed by atoms with van der Waals surface area (Å²) >= 11 is 0. The lowest BCUT2D eigenvalue weighted by Gasteiger charge is -2.43. The van der Waals surface area contributed by atoms with Crippen LogP contribution in [0.3, 0.4) is 0 Å². The van der Waals surface area contributed by atoms with E-state index >= 15 is 0 Å². The van der Waals surface area contributed by atoms with Crippen LogP contribution in [0.2, 0.25) is 0 Å². The zero-order valence-electron chi connectivity index (χ0n) is 11.9. The van der Waals surface area contributed by atoms with Crippen LogP contribution in [0.4, 0.5) is 0 Å². The number of nitrogens with zero attached hydrogens (tertiary/aromatic N) is 1. The van der Waals surface area contributed by atoms with Crippen molar-refractivity contribution in [1.29, 1.82) is 0 Å². The van der Waals surface area contributed by atoms with Crippen LogP contribution < -0.4 is 5.32 Å². The van der Waals surface area contributed by atoms with Gasteiger partial charge in [0, 0.05) is 45.4 Å². The van der Waals surface area contributed by atoms with E-state index in [1.54, 1.807) is 0 Å². The molecule has 4 nitrogen and oxygen atoms in total. The molecule has 19 heavy (non-hydrogen) atoms. The molecule has 0 amide bonds. The molecule has 2 saturated heterocycles. The van der Waals surface area contributed by atoms with Crippen LogP contribution >= 0.6 is 0 Å². The van der Waals surface area contributed by atoms with Crippen molar-refractivity contribution >= 4 is 0 Å². The molecule has 3 fully saturated rings. The Labute approximate surface area is 116 Å². The van der Waals surface area contributed by atoms with Crippen molar-refractivity contribution in [3.05, 3.63) is 0 Å². The maximum atomic E-state index is 9.62. The second kappa shape index (κ2) is 6.08. The minimum Gasteiger partial charge on any atom is -0.393 e. The Bertz CT molecular complexity index is 280. The smallest absolute Gasteiger partial charge is 0.0564 e. The van der Waals surface area contributed by atoms with Crippen molar-refractivity contribution in [2.75, 3.05) is 39.4 Å². The summed E-state index contributed by atoms with van der Waals surface area (Å²) < 4.78 is 5.57. The van der Waals surface area contributed by atoms with E-state index in [1.165, 1.54) is 32.2 Å². The molecule has 2 N–H and O–H groups in total. The molecule has 0 aromatic rings. The number of hydrogen-bond acceptors (Lipinski definition) is 4. The zero-order valence-corrected chi connectivity index (χ0v) is 11.9. The number of piperidine rings is 1. The molecular formula is C15H28N2O2. The summed E-state index contributed by atoms with van der Waals surface area (Å²) in [5, 5.41) is 13.4. The van der Waals surface area contributed by atoms with Crippen molar-refractivity contribution in [1.82, 2.24) is 10.2 Å². The largest absolute Gasteiger partial charge is 0.393 e. The number of likely N-dealkylation sites (tertiary alicyclic amines) is 1. The lowest BCUT2D eigenvalue weighted by molar-refractivity contribution is -0.0157. The number of aliphatic hydroxyl groups is 1. The third-order valence-corrected chi connectivity index (χ3v) is 5.01. The van der Waals surface area contributed by atoms with Crippen molar-refractivity contribution in [3.63, 3.8) is 0 Å². The number of ether oxygens (including phenoxy) is 1. The highest BCUT2D eigenvalue weighted by atomic mass is 16.5. The van der Waals surface area contributed by atoms with E-state index < -0.39 is 0 Å². The van der Waals surface area contributed by atoms with Gasteiger partial charge in [0.1, 0.15) is 0 Å². The molecule has 1 aliphatic carbocycles. The van der Waals surface area contributed by atoms with Crippen LogP contribution in [0, 0.1) is 5.41 Å². The van der Waals surface area contributed by atoms with Gasteiger partial charge in [0.2, 0.25) is 0 Å². The maximum Gasteiger partial charge on any atom is 0.0564 e. The number of nitrogens with one attached hydrogen (secondary N) is 1. The van der Waals surface area contributed by atoms with Crippen LogP contribution in [0.15, 0.2) is 0 Å². The van der Waals surface area contributed by atoms with E-state index in [1.807, 2.05) is 0 Å². The topological polar surface area (TPSA) is 44.7 Å². The van der Waals surface area contributed by atoms with Gasteiger partial charge in [0.25, 0.3) is 0 Å². The Kier molecular flexibility index (Phi) is 4.42. The first-order valence-corrected chi connectivity index (χ1v) is 7.97. The summed E-state index contributed by atoms with van der Waals surface area (Å²) in [6, 6.07) is 0.794. The van der Waals surface area contributed by atoms with Gasteiger partial charge in [-0.05, 0) is 43.9 Å². The number of aliphatic hydroxyl groups excluding tert-OH is 1. The molecule has 3 rings (SSSR count). The fourth-order valence-electron chi connectivity index (χ4n) is 3.40. The van der Waals surface area contributed by atoms with Gasteiger partial charge in [0.15, 0.2) is 0 Å². The number of hydrogen-bond donors (Lipinski definition) is 2. The SMILES string of the molecule is OC1CCN(CC2(CNC3CC3)CCOCC2)CC1. The van der Waals surface area contributed by atoms with Gasteiger partial charge in [0.05, 0.1) is 6.10 Å². The quantitative estimate of drug-likeness (QED) is 0.780. The Morgan fingerprint density at radius 2 is 1.79 bits per heavy atom. The minimum absolute atomic E-state index is 0.0634. The zero-order chi connectivity index (χ0) is 13.1. The van der Waals surface area contributed by atoms with Crippen LogP contribution in [0.25, 0.3) is 0 Å². The first-order chi connectivity index (χ1) is 9.26. The van der Waals surface area contributed by atoms with E-state index in [9.17, 15) is 5.11 Å². The van der Waals surface area contributed by atoms with Gasteiger partial charge >= 0.3 is 0 Å². The second-order valence-corrected chi connectivity index (χ2v) is 6.77. The summed E-state index contributed by atoms with van der Waals surface area (Å²) in [6.07, 6.45) is 6.93. The van der Waals surface area contributed by atoms with Crippen LogP contribution in [0.1, 0.15) is 38.5 Å². The monoisotopic (exact) mass is 268 g/mol. The van der Waals surface area contributed by atoms with Crippen molar-refractivity contribution in [2.24, 2.45) is 5.41 Å². The van der Waals surface area contributed by atoms with Crippen LogP contribution in [0.5, 0.6) is 0 Å². The summed E-state index contributed by atoms with van der Waals surface area (Å²) in [5.41, 5.74) is 0.406. The second-order valence-electron chi connectivity index (χ2n) is 6.77. The minimum atomic E-state index is -0.0634. The summed E-state index contributed by atoms with van der Waals surface area (Å²) in [4.78, 5) is 2.56. The average Bonchev–Trinajstić information content (AvgIpc) is 3.25. The molecule has 0 atom stereocenters. The molecule has 0 bridgehead atoms. The summed E-state index contributed by atoms with van der Waals surface area (Å²) in [6.45, 7) is 6.30. The van der Waals surface area contributed by atoms with Crippen LogP contribution in [-0.4, -0.2) is 61.5 Å². The van der Waals surface area contributed by atoms with E-state index in [2.05, 4.69) is 10.2 Å². The highest BCUT2D eigenvalue weighted by Gasteiger charge is 2.36.